The maximum absolute atomic E-state index is 11.2. The molecule has 4 heteroatoms. The molecule has 0 aliphatic carbocycles. The molecule has 1 aliphatic heterocycles. The zero-order valence-electron chi connectivity index (χ0n) is 14.9. The highest BCUT2D eigenvalue weighted by molar-refractivity contribution is 5.78. The monoisotopic (exact) mass is 319 g/mol. The van der Waals surface area contributed by atoms with Crippen LogP contribution in [0.2, 0.25) is 0 Å². The summed E-state index contributed by atoms with van der Waals surface area (Å²) in [5.41, 5.74) is 0. The van der Waals surface area contributed by atoms with E-state index in [0.717, 1.165) is 25.8 Å². The lowest BCUT2D eigenvalue weighted by Crippen LogP contribution is -2.24. The van der Waals surface area contributed by atoms with Gasteiger partial charge in [0.05, 0.1) is 0 Å². The third-order valence-electron chi connectivity index (χ3n) is 2.17. The van der Waals surface area contributed by atoms with Crippen molar-refractivity contribution in [3.05, 3.63) is 12.7 Å². The molecular weight excluding hydrogens is 278 g/mol. The molecular formula is C18H41NO3. The zero-order valence-corrected chi connectivity index (χ0v) is 14.9. The number of ketones is 1. The summed E-state index contributed by atoms with van der Waals surface area (Å²) >= 11 is 0. The maximum atomic E-state index is 11.2. The molecule has 1 rings (SSSR count). The van der Waals surface area contributed by atoms with Crippen molar-refractivity contribution in [1.82, 2.24) is 5.32 Å². The van der Waals surface area contributed by atoms with Gasteiger partial charge < -0.3 is 10.4 Å². The van der Waals surface area contributed by atoms with E-state index < -0.39 is 0 Å². The lowest BCUT2D eigenvalue weighted by molar-refractivity contribution is -0.123. The van der Waals surface area contributed by atoms with E-state index in [0.29, 0.717) is 11.8 Å². The lowest BCUT2D eigenvalue weighted by atomic mass is 10.1. The summed E-state index contributed by atoms with van der Waals surface area (Å²) in [6.07, 6.45) is 6.69. The molecule has 1 aliphatic rings. The van der Waals surface area contributed by atoms with Crippen LogP contribution in [-0.4, -0.2) is 29.9 Å². The standard InChI is InChI=1S/C9H17NO.C3H6.2C2H6.CH2O2.CH4/c1-2-4-9(11)7-8-5-3-6-10-8;1-3-2;2*1-2;2-1-3;/h8,10H,2-7H2,1H3;3H,1H2,2H3;2*1-2H3;1H,(H,2,3);1H4. The Kier molecular flexibility index (Phi) is 54.6. The fourth-order valence-corrected chi connectivity index (χ4v) is 1.59. The Balaban J connectivity index is -0.0000000743. The Labute approximate surface area is 139 Å². The molecule has 1 saturated heterocycles. The second-order valence-electron chi connectivity index (χ2n) is 3.80. The van der Waals surface area contributed by atoms with Crippen LogP contribution in [0.25, 0.3) is 0 Å². The quantitative estimate of drug-likeness (QED) is 0.560. The minimum atomic E-state index is -0.250. The number of carboxylic acid groups (broad SMARTS) is 1. The molecule has 1 atom stereocenters. The summed E-state index contributed by atoms with van der Waals surface area (Å²) < 4.78 is 0. The van der Waals surface area contributed by atoms with E-state index in [2.05, 4.69) is 18.8 Å². The topological polar surface area (TPSA) is 66.4 Å². The minimum Gasteiger partial charge on any atom is -0.483 e. The number of allylic oxidation sites excluding steroid dienone is 1. The van der Waals surface area contributed by atoms with E-state index in [9.17, 15) is 4.79 Å². The number of hydrogen-bond acceptors (Lipinski definition) is 3. The SMILES string of the molecule is C.C=CC.CC.CC.CCCC(=O)CC1CCCN1.O=CO. The molecule has 0 aromatic carbocycles. The van der Waals surface area contributed by atoms with Crippen molar-refractivity contribution in [2.24, 2.45) is 0 Å². The minimum absolute atomic E-state index is 0. The normalized spacial score (nSPS) is 13.6. The van der Waals surface area contributed by atoms with E-state index in [1.54, 1.807) is 6.08 Å². The van der Waals surface area contributed by atoms with Gasteiger partial charge in [0, 0.05) is 18.9 Å². The Morgan fingerprint density at radius 3 is 2.00 bits per heavy atom. The number of carbonyl (C=O) groups excluding carboxylic acids is 1. The molecule has 1 unspecified atom stereocenters. The smallest absolute Gasteiger partial charge is 0.290 e. The third kappa shape index (κ3) is 36.4. The van der Waals surface area contributed by atoms with Crippen molar-refractivity contribution in [3.8, 4) is 0 Å². The molecule has 0 spiro atoms. The maximum Gasteiger partial charge on any atom is 0.290 e. The predicted octanol–water partition coefficient (Wildman–Crippen LogP) is 5.08. The van der Waals surface area contributed by atoms with Gasteiger partial charge in [-0.2, -0.15) is 0 Å². The largest absolute Gasteiger partial charge is 0.483 e. The zero-order chi connectivity index (χ0) is 17.5. The Hall–Kier alpha value is -1.16. The molecule has 0 amide bonds. The second-order valence-corrected chi connectivity index (χ2v) is 3.80. The highest BCUT2D eigenvalue weighted by atomic mass is 16.3. The number of carbonyl (C=O) groups is 2. The van der Waals surface area contributed by atoms with E-state index in [4.69, 9.17) is 9.90 Å². The van der Waals surface area contributed by atoms with Crippen LogP contribution >= 0.6 is 0 Å². The van der Waals surface area contributed by atoms with Crippen LogP contribution in [0.3, 0.4) is 0 Å². The van der Waals surface area contributed by atoms with Crippen molar-refractivity contribution >= 4 is 12.3 Å². The average Bonchev–Trinajstić information content (AvgIpc) is 2.98. The van der Waals surface area contributed by atoms with Crippen LogP contribution in [0.4, 0.5) is 0 Å². The number of Topliss-reactive ketones (excluding diaryl/α,β-unsaturated/α-hetero) is 1. The molecule has 0 bridgehead atoms. The fraction of sp³-hybridized carbons (Fsp3) is 0.778. The van der Waals surface area contributed by atoms with Gasteiger partial charge >= 0.3 is 0 Å². The van der Waals surface area contributed by atoms with Crippen LogP contribution < -0.4 is 5.32 Å². The Morgan fingerprint density at radius 2 is 1.73 bits per heavy atom. The van der Waals surface area contributed by atoms with Crippen LogP contribution in [0.5, 0.6) is 0 Å². The summed E-state index contributed by atoms with van der Waals surface area (Å²) in [5, 5.41) is 10.2. The molecule has 22 heavy (non-hydrogen) atoms. The van der Waals surface area contributed by atoms with Gasteiger partial charge in [-0.25, -0.2) is 0 Å². The summed E-state index contributed by atoms with van der Waals surface area (Å²) in [7, 11) is 0. The number of hydrogen-bond donors (Lipinski definition) is 2. The van der Waals surface area contributed by atoms with Crippen molar-refractivity contribution in [1.29, 1.82) is 0 Å². The highest BCUT2D eigenvalue weighted by Gasteiger charge is 2.16. The van der Waals surface area contributed by atoms with Crippen LogP contribution in [-0.2, 0) is 9.59 Å². The molecule has 1 heterocycles. The van der Waals surface area contributed by atoms with Crippen LogP contribution in [0, 0.1) is 0 Å². The van der Waals surface area contributed by atoms with Gasteiger partial charge in [-0.05, 0) is 32.7 Å². The van der Waals surface area contributed by atoms with E-state index in [1.165, 1.54) is 12.8 Å². The predicted molar refractivity (Wildman–Crippen MR) is 99.5 cm³/mol. The van der Waals surface area contributed by atoms with Crippen molar-refractivity contribution in [2.75, 3.05) is 6.54 Å². The average molecular weight is 320 g/mol. The molecule has 0 aromatic heterocycles. The third-order valence-corrected chi connectivity index (χ3v) is 2.17. The summed E-state index contributed by atoms with van der Waals surface area (Å²) in [4.78, 5) is 19.5. The first kappa shape index (κ1) is 32.7. The van der Waals surface area contributed by atoms with Gasteiger partial charge in [0.25, 0.3) is 6.47 Å². The molecule has 0 aromatic rings. The Bertz CT molecular complexity index is 195. The molecule has 1 fully saturated rings. The lowest BCUT2D eigenvalue weighted by Gasteiger charge is -2.07. The first-order chi connectivity index (χ1) is 10.2. The van der Waals surface area contributed by atoms with Crippen LogP contribution in [0.1, 0.15) is 81.1 Å². The summed E-state index contributed by atoms with van der Waals surface area (Å²) in [6.45, 7) is 16.2. The van der Waals surface area contributed by atoms with Gasteiger partial charge in [-0.3, -0.25) is 9.59 Å². The van der Waals surface area contributed by atoms with Crippen molar-refractivity contribution < 1.29 is 14.7 Å². The second kappa shape index (κ2) is 36.8. The fourth-order valence-electron chi connectivity index (χ4n) is 1.59. The number of rotatable bonds is 4. The molecule has 2 N–H and O–H groups in total. The van der Waals surface area contributed by atoms with Gasteiger partial charge in [0.2, 0.25) is 0 Å². The summed E-state index contributed by atoms with van der Waals surface area (Å²) in [5.74, 6) is 0.423. The number of nitrogens with one attached hydrogen (secondary N) is 1. The first-order valence-electron chi connectivity index (χ1n) is 8.06. The molecule has 136 valence electrons. The summed E-state index contributed by atoms with van der Waals surface area (Å²) in [6, 6.07) is 0.494. The van der Waals surface area contributed by atoms with Gasteiger partial charge in [0.1, 0.15) is 5.78 Å². The van der Waals surface area contributed by atoms with E-state index in [-0.39, 0.29) is 13.9 Å². The molecule has 4 nitrogen and oxygen atoms in total. The molecule has 0 radical (unpaired) electrons. The first-order valence-corrected chi connectivity index (χ1v) is 8.06. The Morgan fingerprint density at radius 1 is 1.32 bits per heavy atom. The van der Waals surface area contributed by atoms with E-state index >= 15 is 0 Å². The van der Waals surface area contributed by atoms with Gasteiger partial charge in [0.15, 0.2) is 0 Å². The van der Waals surface area contributed by atoms with Gasteiger partial charge in [-0.1, -0.05) is 48.1 Å². The molecule has 0 saturated carbocycles. The highest BCUT2D eigenvalue weighted by Crippen LogP contribution is 2.10. The van der Waals surface area contributed by atoms with Crippen molar-refractivity contribution in [3.63, 3.8) is 0 Å². The van der Waals surface area contributed by atoms with Crippen molar-refractivity contribution in [2.45, 2.75) is 87.1 Å². The van der Waals surface area contributed by atoms with E-state index in [1.807, 2.05) is 34.6 Å². The van der Waals surface area contributed by atoms with Gasteiger partial charge in [-0.15, -0.1) is 6.58 Å². The van der Waals surface area contributed by atoms with Crippen LogP contribution in [0.15, 0.2) is 12.7 Å².